The van der Waals surface area contributed by atoms with Crippen LogP contribution in [-0.4, -0.2) is 15.9 Å². The van der Waals surface area contributed by atoms with Crippen molar-refractivity contribution in [2.45, 2.75) is 13.0 Å². The van der Waals surface area contributed by atoms with Crippen molar-refractivity contribution >= 4 is 52.5 Å². The predicted molar refractivity (Wildman–Crippen MR) is 102 cm³/mol. The molecule has 3 nitrogen and oxygen atoms in total. The number of nitrogens with zero attached hydrogens (tertiary/aromatic N) is 1. The molecule has 0 saturated carbocycles. The number of nitrogens with one attached hydrogen (secondary N) is 1. The molecule has 1 heterocycles. The van der Waals surface area contributed by atoms with Gasteiger partial charge in [0.1, 0.15) is 5.70 Å². The lowest BCUT2D eigenvalue weighted by Crippen LogP contribution is -2.33. The summed E-state index contributed by atoms with van der Waals surface area (Å²) < 4.78 is 0. The fraction of sp³-hybridized carbons (Fsp3) is 0.111. The summed E-state index contributed by atoms with van der Waals surface area (Å²) in [5, 5.41) is 4.38. The minimum Gasteiger partial charge on any atom is -0.328 e. The first-order valence-corrected chi connectivity index (χ1v) is 8.50. The van der Waals surface area contributed by atoms with E-state index in [2.05, 4.69) is 5.32 Å². The van der Waals surface area contributed by atoms with Crippen LogP contribution in [0.2, 0.25) is 10.0 Å². The highest BCUT2D eigenvalue weighted by Crippen LogP contribution is 2.28. The first kappa shape index (κ1) is 17.0. The van der Waals surface area contributed by atoms with Gasteiger partial charge in [-0.05, 0) is 48.5 Å². The molecule has 1 fully saturated rings. The van der Waals surface area contributed by atoms with Gasteiger partial charge in [-0.15, -0.1) is 0 Å². The fourth-order valence-electron chi connectivity index (χ4n) is 2.56. The molecule has 0 radical (unpaired) electrons. The van der Waals surface area contributed by atoms with Gasteiger partial charge < -0.3 is 5.32 Å². The van der Waals surface area contributed by atoms with Gasteiger partial charge in [0.15, 0.2) is 5.11 Å². The predicted octanol–water partition coefficient (Wildman–Crippen LogP) is 4.81. The maximum Gasteiger partial charge on any atom is 0.277 e. The van der Waals surface area contributed by atoms with Gasteiger partial charge in [0.2, 0.25) is 0 Å². The standard InChI is InChI=1S/C18H14Cl2N2OS/c1-11(12-5-3-2-4-6-12)22-17(23)16(21-18(22)24)9-13-7-8-14(19)10-15(13)20/h2-11H,1H3,(H,21,24)/b16-9-. The van der Waals surface area contributed by atoms with Crippen LogP contribution in [0.4, 0.5) is 0 Å². The fourth-order valence-corrected chi connectivity index (χ4v) is 3.37. The molecule has 6 heteroatoms. The molecule has 3 rings (SSSR count). The molecule has 122 valence electrons. The van der Waals surface area contributed by atoms with Crippen molar-refractivity contribution in [3.63, 3.8) is 0 Å². The van der Waals surface area contributed by atoms with Gasteiger partial charge in [-0.1, -0.05) is 59.6 Å². The van der Waals surface area contributed by atoms with Crippen LogP contribution < -0.4 is 5.32 Å². The monoisotopic (exact) mass is 376 g/mol. The summed E-state index contributed by atoms with van der Waals surface area (Å²) in [5.74, 6) is -0.178. The van der Waals surface area contributed by atoms with Gasteiger partial charge in [0, 0.05) is 10.0 Å². The van der Waals surface area contributed by atoms with Crippen LogP contribution in [-0.2, 0) is 4.79 Å². The van der Waals surface area contributed by atoms with Crippen molar-refractivity contribution in [2.24, 2.45) is 0 Å². The zero-order valence-corrected chi connectivity index (χ0v) is 15.1. The molecule has 1 unspecified atom stereocenters. The van der Waals surface area contributed by atoms with E-state index in [9.17, 15) is 4.79 Å². The lowest BCUT2D eigenvalue weighted by molar-refractivity contribution is -0.123. The van der Waals surface area contributed by atoms with Gasteiger partial charge in [0.05, 0.1) is 6.04 Å². The smallest absolute Gasteiger partial charge is 0.277 e. The summed E-state index contributed by atoms with van der Waals surface area (Å²) in [5.41, 5.74) is 2.11. The van der Waals surface area contributed by atoms with E-state index < -0.39 is 0 Å². The van der Waals surface area contributed by atoms with Crippen LogP contribution in [0.3, 0.4) is 0 Å². The van der Waals surface area contributed by atoms with Crippen molar-refractivity contribution in [1.29, 1.82) is 0 Å². The molecule has 0 aliphatic carbocycles. The molecule has 24 heavy (non-hydrogen) atoms. The second-order valence-corrected chi connectivity index (χ2v) is 6.65. The molecule has 1 aliphatic rings. The lowest BCUT2D eigenvalue weighted by Gasteiger charge is -2.23. The number of amides is 1. The Hall–Kier alpha value is -1.88. The Morgan fingerprint density at radius 2 is 1.88 bits per heavy atom. The molecule has 1 amide bonds. The number of rotatable bonds is 3. The molecule has 2 aromatic carbocycles. The number of thiocarbonyl (C=S) groups is 1. The van der Waals surface area contributed by atoms with E-state index in [0.29, 0.717) is 26.4 Å². The molecule has 0 aromatic heterocycles. The largest absolute Gasteiger partial charge is 0.328 e. The van der Waals surface area contributed by atoms with Crippen molar-refractivity contribution in [3.05, 3.63) is 75.4 Å². The van der Waals surface area contributed by atoms with Crippen molar-refractivity contribution in [2.75, 3.05) is 0 Å². The highest BCUT2D eigenvalue weighted by atomic mass is 35.5. The van der Waals surface area contributed by atoms with E-state index in [1.165, 1.54) is 0 Å². The van der Waals surface area contributed by atoms with Gasteiger partial charge in [-0.3, -0.25) is 9.69 Å². The first-order chi connectivity index (χ1) is 11.5. The highest BCUT2D eigenvalue weighted by Gasteiger charge is 2.34. The van der Waals surface area contributed by atoms with Gasteiger partial charge in [0.25, 0.3) is 5.91 Å². The number of hydrogen-bond acceptors (Lipinski definition) is 2. The van der Waals surface area contributed by atoms with Crippen LogP contribution in [0.5, 0.6) is 0 Å². The summed E-state index contributed by atoms with van der Waals surface area (Å²) in [7, 11) is 0. The number of carbonyl (C=O) groups excluding carboxylic acids is 1. The summed E-state index contributed by atoms with van der Waals surface area (Å²) in [6.45, 7) is 1.94. The minimum absolute atomic E-state index is 0.162. The quantitative estimate of drug-likeness (QED) is 0.615. The maximum atomic E-state index is 12.8. The van der Waals surface area contributed by atoms with Gasteiger partial charge in [-0.25, -0.2) is 0 Å². The Morgan fingerprint density at radius 3 is 2.54 bits per heavy atom. The van der Waals surface area contributed by atoms with Gasteiger partial charge >= 0.3 is 0 Å². The van der Waals surface area contributed by atoms with E-state index in [1.54, 1.807) is 29.2 Å². The zero-order valence-electron chi connectivity index (χ0n) is 12.8. The third kappa shape index (κ3) is 3.31. The first-order valence-electron chi connectivity index (χ1n) is 7.33. The van der Waals surface area contributed by atoms with Crippen molar-refractivity contribution < 1.29 is 4.79 Å². The van der Waals surface area contributed by atoms with Crippen molar-refractivity contribution in [1.82, 2.24) is 10.2 Å². The Bertz CT molecular complexity index is 836. The summed E-state index contributed by atoms with van der Waals surface area (Å²) in [6.07, 6.45) is 1.69. The Kier molecular flexibility index (Phi) is 4.90. The Balaban J connectivity index is 1.90. The van der Waals surface area contributed by atoms with E-state index in [1.807, 2.05) is 37.3 Å². The van der Waals surface area contributed by atoms with E-state index in [0.717, 1.165) is 5.56 Å². The summed E-state index contributed by atoms with van der Waals surface area (Å²) in [6, 6.07) is 14.7. The van der Waals surface area contributed by atoms with E-state index in [4.69, 9.17) is 35.4 Å². The van der Waals surface area contributed by atoms with Crippen LogP contribution in [0.15, 0.2) is 54.2 Å². The average Bonchev–Trinajstić information content (AvgIpc) is 2.84. The molecule has 0 spiro atoms. The molecule has 1 atom stereocenters. The number of hydrogen-bond donors (Lipinski definition) is 1. The average molecular weight is 377 g/mol. The molecule has 2 aromatic rings. The van der Waals surface area contributed by atoms with Crippen LogP contribution >= 0.6 is 35.4 Å². The third-order valence-corrected chi connectivity index (χ3v) is 4.70. The molecule has 1 saturated heterocycles. The van der Waals surface area contributed by atoms with E-state index in [-0.39, 0.29) is 11.9 Å². The van der Waals surface area contributed by atoms with Crippen molar-refractivity contribution in [3.8, 4) is 0 Å². The SMILES string of the molecule is CC(c1ccccc1)N1C(=O)/C(=C/c2ccc(Cl)cc2Cl)NC1=S. The normalized spacial score (nSPS) is 17.3. The second kappa shape index (κ2) is 6.93. The van der Waals surface area contributed by atoms with Crippen LogP contribution in [0.25, 0.3) is 6.08 Å². The molecular formula is C18H14Cl2N2OS. The van der Waals surface area contributed by atoms with Crippen LogP contribution in [0, 0.1) is 0 Å². The number of carbonyl (C=O) groups is 1. The molecule has 1 aliphatic heterocycles. The third-order valence-electron chi connectivity index (χ3n) is 3.84. The number of halogens is 2. The zero-order chi connectivity index (χ0) is 17.3. The highest BCUT2D eigenvalue weighted by molar-refractivity contribution is 7.80. The summed E-state index contributed by atoms with van der Waals surface area (Å²) >= 11 is 17.4. The Morgan fingerprint density at radius 1 is 1.17 bits per heavy atom. The lowest BCUT2D eigenvalue weighted by atomic mass is 10.1. The van der Waals surface area contributed by atoms with Crippen LogP contribution in [0.1, 0.15) is 24.1 Å². The van der Waals surface area contributed by atoms with Gasteiger partial charge in [-0.2, -0.15) is 0 Å². The Labute approximate surface area is 155 Å². The minimum atomic E-state index is -0.178. The molecule has 1 N–H and O–H groups in total. The summed E-state index contributed by atoms with van der Waals surface area (Å²) in [4.78, 5) is 14.3. The number of benzene rings is 2. The maximum absolute atomic E-state index is 12.8. The van der Waals surface area contributed by atoms with E-state index >= 15 is 0 Å². The molecule has 0 bridgehead atoms. The molecular weight excluding hydrogens is 363 g/mol. The topological polar surface area (TPSA) is 32.3 Å². The second-order valence-electron chi connectivity index (χ2n) is 5.42.